The lowest BCUT2D eigenvalue weighted by Crippen LogP contribution is -2.45. The Bertz CT molecular complexity index is 2440. The number of nitrogens with one attached hydrogen (secondary N) is 2. The van der Waals surface area contributed by atoms with E-state index in [1.54, 1.807) is 45.0 Å². The second-order valence-electron chi connectivity index (χ2n) is 21.6. The molecule has 0 bridgehead atoms. The van der Waals surface area contributed by atoms with E-state index in [4.69, 9.17) is 23.7 Å². The zero-order valence-electron chi connectivity index (χ0n) is 39.7. The number of rotatable bonds is 12. The summed E-state index contributed by atoms with van der Waals surface area (Å²) in [6.45, 7) is 12.1. The van der Waals surface area contributed by atoms with Gasteiger partial charge in [-0.1, -0.05) is 80.1 Å². The number of hydrogen-bond donors (Lipinski definition) is 3. The summed E-state index contributed by atoms with van der Waals surface area (Å²) >= 11 is 0. The van der Waals surface area contributed by atoms with Crippen LogP contribution in [0.4, 0.5) is 0 Å². The molecule has 1 spiro atoms. The molecule has 8 unspecified atom stereocenters. The van der Waals surface area contributed by atoms with Gasteiger partial charge in [-0.05, 0) is 130 Å². The zero-order chi connectivity index (χ0) is 47.3. The van der Waals surface area contributed by atoms with Crippen molar-refractivity contribution in [2.24, 2.45) is 17.3 Å². The molecular formula is C55H66N2O10. The molecule has 4 fully saturated rings. The minimum Gasteiger partial charge on any atom is -0.460 e. The third-order valence-electron chi connectivity index (χ3n) is 15.0. The average molecular weight is 915 g/mol. The summed E-state index contributed by atoms with van der Waals surface area (Å²) < 4.78 is 31.6. The topological polar surface area (TPSA) is 162 Å². The fourth-order valence-corrected chi connectivity index (χ4v) is 11.4. The predicted molar refractivity (Wildman–Crippen MR) is 251 cm³/mol. The lowest BCUT2D eigenvalue weighted by atomic mass is 9.52. The van der Waals surface area contributed by atoms with Crippen LogP contribution in [-0.2, 0) is 52.7 Å². The van der Waals surface area contributed by atoms with Crippen molar-refractivity contribution >= 4 is 29.8 Å². The fourth-order valence-electron chi connectivity index (χ4n) is 11.4. The number of allylic oxidation sites excluding steroid dienone is 1. The maximum absolute atomic E-state index is 14.5. The van der Waals surface area contributed by atoms with Crippen LogP contribution in [-0.4, -0.2) is 82.9 Å². The molecule has 3 aromatic rings. The SMILES string of the molecule is CC(C)(C)OC(=O)CCC(CO)NC(=O)c1cccc(CNC(=O)C2=CC3OC4(Cc5ccccc5C4)OC3C(OC(=O)c3ccccc3C=C3CCC4OC4(C)CCC4C3CC4(C)C)C2)c1. The smallest absolute Gasteiger partial charge is 0.339 e. The number of aliphatic hydroxyl groups is 1. The van der Waals surface area contributed by atoms with E-state index in [2.05, 4.69) is 49.6 Å². The Labute approximate surface area is 394 Å². The summed E-state index contributed by atoms with van der Waals surface area (Å²) in [5.41, 5.74) is 5.96. The van der Waals surface area contributed by atoms with Crippen molar-refractivity contribution in [3.05, 3.63) is 123 Å². The number of carbonyl (C=O) groups excluding carboxylic acids is 4. The van der Waals surface area contributed by atoms with Crippen LogP contribution in [0, 0.1) is 17.3 Å². The molecule has 2 saturated carbocycles. The van der Waals surface area contributed by atoms with Crippen molar-refractivity contribution in [1.82, 2.24) is 10.6 Å². The highest BCUT2D eigenvalue weighted by atomic mass is 16.8. The molecular weight excluding hydrogens is 849 g/mol. The van der Waals surface area contributed by atoms with Crippen LogP contribution in [0.25, 0.3) is 6.08 Å². The second-order valence-corrected chi connectivity index (χ2v) is 21.6. The number of hydrogen-bond acceptors (Lipinski definition) is 10. The maximum Gasteiger partial charge on any atom is 0.339 e. The molecule has 356 valence electrons. The molecule has 3 aromatic carbocycles. The number of carbonyl (C=O) groups is 4. The number of fused-ring (bicyclic) bond motifs is 4. The van der Waals surface area contributed by atoms with Crippen LogP contribution in [0.5, 0.6) is 0 Å². The number of esters is 2. The molecule has 2 aliphatic heterocycles. The van der Waals surface area contributed by atoms with Gasteiger partial charge in [-0.25, -0.2) is 4.79 Å². The normalized spacial score (nSPS) is 28.7. The van der Waals surface area contributed by atoms with Crippen LogP contribution in [0.15, 0.2) is 90.0 Å². The molecule has 8 atom stereocenters. The molecule has 0 aromatic heterocycles. The number of amides is 2. The third kappa shape index (κ3) is 10.3. The molecule has 6 aliphatic rings. The molecule has 4 aliphatic carbocycles. The van der Waals surface area contributed by atoms with Gasteiger partial charge in [0.05, 0.1) is 29.9 Å². The molecule has 9 rings (SSSR count). The number of epoxide rings is 1. The van der Waals surface area contributed by atoms with Gasteiger partial charge in [-0.2, -0.15) is 0 Å². The first-order valence-electron chi connectivity index (χ1n) is 24.2. The van der Waals surface area contributed by atoms with E-state index in [0.29, 0.717) is 46.9 Å². The molecule has 2 heterocycles. The van der Waals surface area contributed by atoms with Crippen molar-refractivity contribution in [3.63, 3.8) is 0 Å². The predicted octanol–water partition coefficient (Wildman–Crippen LogP) is 8.13. The van der Waals surface area contributed by atoms with Crippen LogP contribution < -0.4 is 10.6 Å². The first-order valence-corrected chi connectivity index (χ1v) is 24.2. The molecule has 67 heavy (non-hydrogen) atoms. The van der Waals surface area contributed by atoms with Gasteiger partial charge in [-0.3, -0.25) is 14.4 Å². The summed E-state index contributed by atoms with van der Waals surface area (Å²) in [6.07, 6.45) is 8.87. The zero-order valence-corrected chi connectivity index (χ0v) is 39.7. The van der Waals surface area contributed by atoms with Crippen molar-refractivity contribution in [3.8, 4) is 0 Å². The maximum atomic E-state index is 14.5. The first kappa shape index (κ1) is 46.9. The highest BCUT2D eigenvalue weighted by molar-refractivity contribution is 5.96. The standard InChI is InChI=1S/C55H66N2O10/c1-52(2,3)66-47(59)21-19-40(32-58)57-50(61)36-16-11-12-33(24-36)31-56-49(60)39-26-44(48-45(27-39)64-55(67-48)28-37-14-7-8-15-38(37)29-55)63-51(62)41-17-10-9-13-34(41)25-35-18-20-46-54(6,65-46)23-22-43-42(35)30-53(43,4)5/h7-17,24-25,27,40,42-46,48,58H,18-23,26,28-32H2,1-6H3,(H,56,60)(H,57,61). The van der Waals surface area contributed by atoms with Gasteiger partial charge in [0.1, 0.15) is 23.9 Å². The molecule has 3 N–H and O–H groups in total. The lowest BCUT2D eigenvalue weighted by molar-refractivity contribution is -0.172. The van der Waals surface area contributed by atoms with Crippen LogP contribution in [0.1, 0.15) is 136 Å². The third-order valence-corrected chi connectivity index (χ3v) is 15.0. The van der Waals surface area contributed by atoms with E-state index in [0.717, 1.165) is 48.8 Å². The largest absolute Gasteiger partial charge is 0.460 e. The van der Waals surface area contributed by atoms with Crippen molar-refractivity contribution in [1.29, 1.82) is 0 Å². The summed E-state index contributed by atoms with van der Waals surface area (Å²) in [7, 11) is 0. The molecule has 12 heteroatoms. The molecule has 2 amide bonds. The Morgan fingerprint density at radius 2 is 1.66 bits per heavy atom. The monoisotopic (exact) mass is 914 g/mol. The van der Waals surface area contributed by atoms with Gasteiger partial charge < -0.3 is 39.4 Å². The second kappa shape index (κ2) is 18.4. The van der Waals surface area contributed by atoms with Crippen molar-refractivity contribution in [2.45, 2.75) is 160 Å². The summed E-state index contributed by atoms with van der Waals surface area (Å²) in [5, 5.41) is 15.8. The van der Waals surface area contributed by atoms with Crippen molar-refractivity contribution in [2.75, 3.05) is 6.61 Å². The first-order chi connectivity index (χ1) is 31.9. The van der Waals surface area contributed by atoms with Gasteiger partial charge in [0.2, 0.25) is 5.91 Å². The number of benzene rings is 3. The van der Waals surface area contributed by atoms with Gasteiger partial charge >= 0.3 is 11.9 Å². The molecule has 2 saturated heterocycles. The van der Waals surface area contributed by atoms with Gasteiger partial charge in [0.15, 0.2) is 5.79 Å². The van der Waals surface area contributed by atoms with Crippen LogP contribution in [0.3, 0.4) is 0 Å². The van der Waals surface area contributed by atoms with E-state index in [9.17, 15) is 24.3 Å². The Morgan fingerprint density at radius 1 is 0.910 bits per heavy atom. The van der Waals surface area contributed by atoms with E-state index in [-0.39, 0.29) is 55.4 Å². The fraction of sp³-hybridized carbons (Fsp3) is 0.527. The van der Waals surface area contributed by atoms with E-state index in [1.807, 2.05) is 42.5 Å². The van der Waals surface area contributed by atoms with Crippen LogP contribution >= 0.6 is 0 Å². The number of ether oxygens (including phenoxy) is 5. The summed E-state index contributed by atoms with van der Waals surface area (Å²) in [6, 6.07) is 22.0. The van der Waals surface area contributed by atoms with Gasteiger partial charge in [-0.15, -0.1) is 0 Å². The Balaban J connectivity index is 0.901. The quantitative estimate of drug-likeness (QED) is 0.120. The minimum atomic E-state index is -0.953. The highest BCUT2D eigenvalue weighted by Crippen LogP contribution is 2.60. The van der Waals surface area contributed by atoms with E-state index in [1.165, 1.54) is 5.57 Å². The van der Waals surface area contributed by atoms with Crippen molar-refractivity contribution < 1.29 is 48.0 Å². The highest BCUT2D eigenvalue weighted by Gasteiger charge is 2.57. The summed E-state index contributed by atoms with van der Waals surface area (Å²) in [5.74, 6) is -1.60. The Kier molecular flexibility index (Phi) is 12.9. The Hall–Kier alpha value is -5.14. The summed E-state index contributed by atoms with van der Waals surface area (Å²) in [4.78, 5) is 54.1. The van der Waals surface area contributed by atoms with Gasteiger partial charge in [0.25, 0.3) is 5.91 Å². The van der Waals surface area contributed by atoms with Gasteiger partial charge in [0, 0.05) is 43.4 Å². The molecule has 0 radical (unpaired) electrons. The van der Waals surface area contributed by atoms with E-state index < -0.39 is 53.6 Å². The lowest BCUT2D eigenvalue weighted by Gasteiger charge is -2.53. The van der Waals surface area contributed by atoms with Crippen LogP contribution in [0.2, 0.25) is 0 Å². The Morgan fingerprint density at radius 3 is 2.39 bits per heavy atom. The van der Waals surface area contributed by atoms with E-state index >= 15 is 0 Å². The molecule has 12 nitrogen and oxygen atoms in total. The number of aliphatic hydroxyl groups excluding tert-OH is 1. The average Bonchev–Trinajstić information content (AvgIpc) is 3.57. The minimum absolute atomic E-state index is 0.0244.